The van der Waals surface area contributed by atoms with E-state index < -0.39 is 0 Å². The van der Waals surface area contributed by atoms with Crippen molar-refractivity contribution in [2.24, 2.45) is 5.92 Å². The molecule has 1 N–H and O–H groups in total. The molecule has 0 amide bonds. The lowest BCUT2D eigenvalue weighted by Crippen LogP contribution is -2.30. The summed E-state index contributed by atoms with van der Waals surface area (Å²) in [6.45, 7) is 12.9. The smallest absolute Gasteiger partial charge is 0.00362 e. The molecule has 0 saturated carbocycles. The van der Waals surface area contributed by atoms with Crippen LogP contribution in [0, 0.1) is 5.92 Å². The zero-order valence-corrected chi connectivity index (χ0v) is 11.3. The van der Waals surface area contributed by atoms with Gasteiger partial charge in [0.15, 0.2) is 0 Å². The van der Waals surface area contributed by atoms with Gasteiger partial charge in [-0.15, -0.1) is 0 Å². The predicted octanol–water partition coefficient (Wildman–Crippen LogP) is 2.74. The average Bonchev–Trinajstić information content (AvgIpc) is 2.26. The van der Waals surface area contributed by atoms with Crippen molar-refractivity contribution in [3.05, 3.63) is 0 Å². The van der Waals surface area contributed by atoms with E-state index >= 15 is 0 Å². The summed E-state index contributed by atoms with van der Waals surface area (Å²) < 4.78 is 0. The summed E-state index contributed by atoms with van der Waals surface area (Å²) in [4.78, 5) is 2.58. The summed E-state index contributed by atoms with van der Waals surface area (Å²) in [7, 11) is 2.04. The Bertz CT molecular complexity index is 136. The minimum absolute atomic E-state index is 0.660. The molecule has 0 rings (SSSR count). The lowest BCUT2D eigenvalue weighted by atomic mass is 10.1. The minimum Gasteiger partial charge on any atom is -0.317 e. The molecule has 2 nitrogen and oxygen atoms in total. The fraction of sp³-hybridized carbons (Fsp3) is 1.00. The molecule has 15 heavy (non-hydrogen) atoms. The van der Waals surface area contributed by atoms with Crippen molar-refractivity contribution in [1.29, 1.82) is 0 Å². The molecule has 0 saturated heterocycles. The van der Waals surface area contributed by atoms with Crippen LogP contribution in [-0.2, 0) is 0 Å². The minimum atomic E-state index is 0.660. The van der Waals surface area contributed by atoms with Crippen LogP contribution < -0.4 is 5.32 Å². The molecule has 0 aliphatic heterocycles. The second-order valence-corrected chi connectivity index (χ2v) is 4.74. The first-order valence-electron chi connectivity index (χ1n) is 6.53. The van der Waals surface area contributed by atoms with Crippen LogP contribution in [0.4, 0.5) is 0 Å². The standard InChI is InChI=1S/C13H30N2/c1-6-12(3)11-15(7-2)10-8-9-13(4)14-5/h12-14H,6-11H2,1-5H3. The molecule has 92 valence electrons. The predicted molar refractivity (Wildman–Crippen MR) is 69.3 cm³/mol. The molecule has 0 radical (unpaired) electrons. The number of hydrogen-bond donors (Lipinski definition) is 1. The highest BCUT2D eigenvalue weighted by atomic mass is 15.1. The molecule has 0 aliphatic carbocycles. The van der Waals surface area contributed by atoms with E-state index in [1.807, 2.05) is 7.05 Å². The SMILES string of the molecule is CCC(C)CN(CC)CCCC(C)NC. The van der Waals surface area contributed by atoms with Gasteiger partial charge in [0.25, 0.3) is 0 Å². The van der Waals surface area contributed by atoms with Crippen molar-refractivity contribution >= 4 is 0 Å². The zero-order valence-electron chi connectivity index (χ0n) is 11.3. The number of nitrogens with one attached hydrogen (secondary N) is 1. The maximum Gasteiger partial charge on any atom is 0.00362 e. The number of nitrogens with zero attached hydrogens (tertiary/aromatic N) is 1. The van der Waals surface area contributed by atoms with Gasteiger partial charge in [-0.1, -0.05) is 27.2 Å². The van der Waals surface area contributed by atoms with Crippen LogP contribution >= 0.6 is 0 Å². The normalized spacial score (nSPS) is 15.6. The summed E-state index contributed by atoms with van der Waals surface area (Å²) in [5.74, 6) is 0.840. The van der Waals surface area contributed by atoms with E-state index in [0.29, 0.717) is 6.04 Å². The fourth-order valence-corrected chi connectivity index (χ4v) is 1.71. The Morgan fingerprint density at radius 1 is 1.20 bits per heavy atom. The van der Waals surface area contributed by atoms with Crippen LogP contribution in [0.3, 0.4) is 0 Å². The first-order valence-corrected chi connectivity index (χ1v) is 6.53. The number of rotatable bonds is 9. The van der Waals surface area contributed by atoms with E-state index in [9.17, 15) is 0 Å². The van der Waals surface area contributed by atoms with Crippen molar-refractivity contribution in [2.75, 3.05) is 26.7 Å². The highest BCUT2D eigenvalue weighted by Gasteiger charge is 2.07. The molecular weight excluding hydrogens is 184 g/mol. The van der Waals surface area contributed by atoms with Gasteiger partial charge >= 0.3 is 0 Å². The van der Waals surface area contributed by atoms with Gasteiger partial charge in [0.05, 0.1) is 0 Å². The van der Waals surface area contributed by atoms with Crippen LogP contribution in [0.25, 0.3) is 0 Å². The summed E-state index contributed by atoms with van der Waals surface area (Å²) in [6.07, 6.45) is 3.89. The van der Waals surface area contributed by atoms with Crippen LogP contribution in [0.2, 0.25) is 0 Å². The Morgan fingerprint density at radius 2 is 1.87 bits per heavy atom. The van der Waals surface area contributed by atoms with E-state index in [0.717, 1.165) is 5.92 Å². The molecule has 0 fully saturated rings. The zero-order chi connectivity index (χ0) is 11.7. The Balaban J connectivity index is 3.61. The third-order valence-electron chi connectivity index (χ3n) is 3.32. The van der Waals surface area contributed by atoms with Crippen LogP contribution in [0.1, 0.15) is 47.0 Å². The first kappa shape index (κ1) is 14.9. The molecule has 0 aromatic heterocycles. The number of hydrogen-bond acceptors (Lipinski definition) is 2. The topological polar surface area (TPSA) is 15.3 Å². The first-order chi connectivity index (χ1) is 7.13. The fourth-order valence-electron chi connectivity index (χ4n) is 1.71. The second-order valence-electron chi connectivity index (χ2n) is 4.74. The second kappa shape index (κ2) is 9.17. The Hall–Kier alpha value is -0.0800. The van der Waals surface area contributed by atoms with Gasteiger partial charge < -0.3 is 10.2 Å². The van der Waals surface area contributed by atoms with Gasteiger partial charge in [-0.05, 0) is 45.8 Å². The molecule has 0 aromatic rings. The van der Waals surface area contributed by atoms with E-state index in [1.165, 1.54) is 38.9 Å². The quantitative estimate of drug-likeness (QED) is 0.635. The summed E-state index contributed by atoms with van der Waals surface area (Å²) in [6, 6.07) is 0.660. The molecule has 0 spiro atoms. The summed E-state index contributed by atoms with van der Waals surface area (Å²) >= 11 is 0. The molecule has 0 heterocycles. The summed E-state index contributed by atoms with van der Waals surface area (Å²) in [5.41, 5.74) is 0. The largest absolute Gasteiger partial charge is 0.317 e. The van der Waals surface area contributed by atoms with Crippen molar-refractivity contribution in [2.45, 2.75) is 53.0 Å². The average molecular weight is 214 g/mol. The molecule has 0 aliphatic rings. The molecule has 0 bridgehead atoms. The van der Waals surface area contributed by atoms with Gasteiger partial charge in [-0.2, -0.15) is 0 Å². The molecule has 2 atom stereocenters. The van der Waals surface area contributed by atoms with Crippen molar-refractivity contribution in [3.63, 3.8) is 0 Å². The van der Waals surface area contributed by atoms with E-state index in [4.69, 9.17) is 0 Å². The van der Waals surface area contributed by atoms with Crippen molar-refractivity contribution < 1.29 is 0 Å². The Morgan fingerprint density at radius 3 is 2.33 bits per heavy atom. The third kappa shape index (κ3) is 7.80. The third-order valence-corrected chi connectivity index (χ3v) is 3.32. The van der Waals surface area contributed by atoms with E-state index in [-0.39, 0.29) is 0 Å². The summed E-state index contributed by atoms with van der Waals surface area (Å²) in [5, 5.41) is 3.29. The lowest BCUT2D eigenvalue weighted by Gasteiger charge is -2.24. The highest BCUT2D eigenvalue weighted by Crippen LogP contribution is 2.06. The van der Waals surface area contributed by atoms with Gasteiger partial charge in [0, 0.05) is 12.6 Å². The molecular formula is C13H30N2. The van der Waals surface area contributed by atoms with E-state index in [1.54, 1.807) is 0 Å². The van der Waals surface area contributed by atoms with Crippen molar-refractivity contribution in [3.8, 4) is 0 Å². The van der Waals surface area contributed by atoms with Gasteiger partial charge in [-0.25, -0.2) is 0 Å². The van der Waals surface area contributed by atoms with Crippen LogP contribution in [-0.4, -0.2) is 37.6 Å². The van der Waals surface area contributed by atoms with Gasteiger partial charge in [0.2, 0.25) is 0 Å². The molecule has 2 unspecified atom stereocenters. The Labute approximate surface area is 96.4 Å². The Kier molecular flexibility index (Phi) is 9.12. The van der Waals surface area contributed by atoms with Gasteiger partial charge in [0.1, 0.15) is 0 Å². The lowest BCUT2D eigenvalue weighted by molar-refractivity contribution is 0.238. The highest BCUT2D eigenvalue weighted by molar-refractivity contribution is 4.63. The van der Waals surface area contributed by atoms with Gasteiger partial charge in [-0.3, -0.25) is 0 Å². The van der Waals surface area contributed by atoms with Crippen LogP contribution in [0.5, 0.6) is 0 Å². The monoisotopic (exact) mass is 214 g/mol. The maximum absolute atomic E-state index is 3.29. The molecule has 2 heteroatoms. The molecule has 0 aromatic carbocycles. The maximum atomic E-state index is 3.29. The van der Waals surface area contributed by atoms with E-state index in [2.05, 4.69) is 37.9 Å². The van der Waals surface area contributed by atoms with Crippen LogP contribution in [0.15, 0.2) is 0 Å². The van der Waals surface area contributed by atoms with Crippen molar-refractivity contribution in [1.82, 2.24) is 10.2 Å².